The van der Waals surface area contributed by atoms with Gasteiger partial charge in [-0.05, 0) is 80.7 Å². The largest absolute Gasteiger partial charge is 0.497 e. The molecule has 2 unspecified atom stereocenters. The lowest BCUT2D eigenvalue weighted by Crippen LogP contribution is -2.42. The summed E-state index contributed by atoms with van der Waals surface area (Å²) in [6.45, 7) is 4.02. The molecule has 0 bridgehead atoms. The zero-order valence-electron chi connectivity index (χ0n) is 22.4. The van der Waals surface area contributed by atoms with E-state index in [1.807, 2.05) is 26.0 Å². The molecule has 0 aliphatic heterocycles. The lowest BCUT2D eigenvalue weighted by atomic mass is 10.1. The number of benzene rings is 2. The minimum Gasteiger partial charge on any atom is -0.497 e. The summed E-state index contributed by atoms with van der Waals surface area (Å²) in [6.07, 6.45) is 2.08. The van der Waals surface area contributed by atoms with Crippen molar-refractivity contribution >= 4 is 22.8 Å². The summed E-state index contributed by atoms with van der Waals surface area (Å²) >= 11 is 0. The molecule has 1 N–H and O–H groups in total. The summed E-state index contributed by atoms with van der Waals surface area (Å²) < 4.78 is 19.8. The quantitative estimate of drug-likeness (QED) is 0.525. The van der Waals surface area contributed by atoms with E-state index in [0.29, 0.717) is 23.2 Å². The van der Waals surface area contributed by atoms with Crippen molar-refractivity contribution in [1.29, 1.82) is 0 Å². The number of rotatable bonds is 10. The molecule has 2 aromatic carbocycles. The number of hydrogen-bond acceptors (Lipinski definition) is 5. The van der Waals surface area contributed by atoms with E-state index < -0.39 is 11.0 Å². The highest BCUT2D eigenvalue weighted by atomic mass is 32.2. The first-order valence-corrected chi connectivity index (χ1v) is 13.2. The van der Waals surface area contributed by atoms with Crippen molar-refractivity contribution in [3.8, 4) is 5.75 Å². The third-order valence-corrected chi connectivity index (χ3v) is 8.38. The summed E-state index contributed by atoms with van der Waals surface area (Å²) in [4.78, 5) is 29.6. The van der Waals surface area contributed by atoms with Gasteiger partial charge in [0.05, 0.1) is 25.1 Å². The predicted octanol–water partition coefficient (Wildman–Crippen LogP) is 2.07. The van der Waals surface area contributed by atoms with Gasteiger partial charge in [0.25, 0.3) is 0 Å². The van der Waals surface area contributed by atoms with Crippen LogP contribution in [-0.2, 0) is 40.0 Å². The van der Waals surface area contributed by atoms with Crippen LogP contribution in [0, 0.1) is 13.8 Å². The van der Waals surface area contributed by atoms with E-state index in [1.165, 1.54) is 15.4 Å². The predicted molar refractivity (Wildman–Crippen MR) is 142 cm³/mol. The minimum absolute atomic E-state index is 0.0909. The first kappa shape index (κ1) is 27.8. The number of ether oxygens (including phenoxy) is 1. The lowest BCUT2D eigenvalue weighted by Gasteiger charge is -2.20. The molecule has 2 aromatic rings. The van der Waals surface area contributed by atoms with Gasteiger partial charge < -0.3 is 19.9 Å². The number of carbonyl (C=O) groups is 2. The van der Waals surface area contributed by atoms with Crippen LogP contribution in [0.15, 0.2) is 35.2 Å². The normalized spacial score (nSPS) is 15.6. The highest BCUT2D eigenvalue weighted by Crippen LogP contribution is 2.27. The Kier molecular flexibility index (Phi) is 9.27. The Balaban J connectivity index is 1.50. The Hall–Kier alpha value is -2.75. The van der Waals surface area contributed by atoms with Gasteiger partial charge in [0.2, 0.25) is 11.8 Å². The summed E-state index contributed by atoms with van der Waals surface area (Å²) in [7, 11) is 7.65. The zero-order chi connectivity index (χ0) is 26.6. The Bertz CT molecular complexity index is 1130. The number of likely N-dealkylation sites (N-methyl/N-ethyl adjacent to an activating group) is 3. The van der Waals surface area contributed by atoms with Crippen LogP contribution in [0.4, 0.5) is 0 Å². The topological polar surface area (TPSA) is 82.2 Å². The molecule has 1 aliphatic rings. The van der Waals surface area contributed by atoms with E-state index in [4.69, 9.17) is 4.74 Å². The second-order valence-corrected chi connectivity index (χ2v) is 11.3. The maximum atomic E-state index is 13.0. The molecule has 8 nitrogen and oxygen atoms in total. The Labute approximate surface area is 217 Å². The van der Waals surface area contributed by atoms with E-state index >= 15 is 0 Å². The maximum absolute atomic E-state index is 13.0. The number of nitrogens with one attached hydrogen (secondary N) is 1. The number of nitrogens with zero attached hydrogens (tertiary/aromatic N) is 3. The molecule has 0 spiro atoms. The molecule has 9 heteroatoms. The van der Waals surface area contributed by atoms with Crippen molar-refractivity contribution in [2.45, 2.75) is 44.2 Å². The molecule has 196 valence electrons. The molecule has 0 radical (unpaired) electrons. The molecule has 36 heavy (non-hydrogen) atoms. The number of fused-ring (bicyclic) bond motifs is 1. The third kappa shape index (κ3) is 6.72. The van der Waals surface area contributed by atoms with Crippen LogP contribution in [0.5, 0.6) is 5.75 Å². The zero-order valence-corrected chi connectivity index (χ0v) is 23.2. The van der Waals surface area contributed by atoms with Crippen molar-refractivity contribution < 1.29 is 18.5 Å². The van der Waals surface area contributed by atoms with Crippen molar-refractivity contribution in [2.75, 3.05) is 48.4 Å². The van der Waals surface area contributed by atoms with Crippen molar-refractivity contribution in [1.82, 2.24) is 19.4 Å². The van der Waals surface area contributed by atoms with Crippen LogP contribution in [0.25, 0.3) is 0 Å². The standard InChI is InChI=1S/C27H38N4O4S/c1-18-10-24(35-7)11-19(2)27(18)36(34)31(6)17-25(32)28-15-26(33)30(5)16-20-8-9-21-13-23(29(3)4)14-22(21)12-20/h8-12,23H,13-17H2,1-7H3,(H,28,32). The van der Waals surface area contributed by atoms with E-state index in [-0.39, 0.29) is 24.9 Å². The van der Waals surface area contributed by atoms with E-state index in [0.717, 1.165) is 29.5 Å². The van der Waals surface area contributed by atoms with Gasteiger partial charge in [-0.2, -0.15) is 0 Å². The summed E-state index contributed by atoms with van der Waals surface area (Å²) in [5.74, 6) is 0.163. The van der Waals surface area contributed by atoms with Crippen LogP contribution < -0.4 is 10.1 Å². The number of amides is 2. The molecule has 0 saturated heterocycles. The molecule has 2 atom stereocenters. The monoisotopic (exact) mass is 514 g/mol. The van der Waals surface area contributed by atoms with Gasteiger partial charge in [-0.15, -0.1) is 0 Å². The number of methoxy groups -OCH3 is 1. The molecule has 0 saturated carbocycles. The molecule has 0 aromatic heterocycles. The van der Waals surface area contributed by atoms with Crippen molar-refractivity contribution in [2.24, 2.45) is 0 Å². The first-order chi connectivity index (χ1) is 17.0. The van der Waals surface area contributed by atoms with Crippen LogP contribution in [0.2, 0.25) is 0 Å². The molecule has 2 amide bonds. The lowest BCUT2D eigenvalue weighted by molar-refractivity contribution is -0.132. The maximum Gasteiger partial charge on any atom is 0.242 e. The molecular weight excluding hydrogens is 476 g/mol. The minimum atomic E-state index is -1.52. The summed E-state index contributed by atoms with van der Waals surface area (Å²) in [5, 5.41) is 2.66. The van der Waals surface area contributed by atoms with Crippen LogP contribution in [-0.4, -0.2) is 84.6 Å². The first-order valence-electron chi connectivity index (χ1n) is 12.1. The summed E-state index contributed by atoms with van der Waals surface area (Å²) in [5.41, 5.74) is 5.46. The van der Waals surface area contributed by atoms with Gasteiger partial charge in [0.1, 0.15) is 16.7 Å². The highest BCUT2D eigenvalue weighted by Gasteiger charge is 2.24. The van der Waals surface area contributed by atoms with Crippen LogP contribution in [0.3, 0.4) is 0 Å². The van der Waals surface area contributed by atoms with E-state index in [1.54, 1.807) is 26.1 Å². The van der Waals surface area contributed by atoms with Gasteiger partial charge in [0, 0.05) is 26.7 Å². The molecular formula is C27H38N4O4S. The molecule has 0 fully saturated rings. The van der Waals surface area contributed by atoms with Gasteiger partial charge >= 0.3 is 0 Å². The Morgan fingerprint density at radius 3 is 2.28 bits per heavy atom. The second kappa shape index (κ2) is 12.0. The van der Waals surface area contributed by atoms with E-state index in [9.17, 15) is 13.8 Å². The highest BCUT2D eigenvalue weighted by molar-refractivity contribution is 7.82. The number of carbonyl (C=O) groups excluding carboxylic acids is 2. The van der Waals surface area contributed by atoms with Gasteiger partial charge in [0.15, 0.2) is 0 Å². The van der Waals surface area contributed by atoms with Crippen molar-refractivity contribution in [3.05, 3.63) is 58.1 Å². The Morgan fingerprint density at radius 2 is 1.67 bits per heavy atom. The molecule has 1 aliphatic carbocycles. The molecule has 0 heterocycles. The number of hydrogen-bond donors (Lipinski definition) is 1. The van der Waals surface area contributed by atoms with Crippen LogP contribution in [0.1, 0.15) is 27.8 Å². The van der Waals surface area contributed by atoms with Gasteiger partial charge in [-0.25, -0.2) is 8.51 Å². The smallest absolute Gasteiger partial charge is 0.242 e. The summed E-state index contributed by atoms with van der Waals surface area (Å²) in [6, 6.07) is 10.6. The fourth-order valence-electron chi connectivity index (χ4n) is 4.56. The SMILES string of the molecule is COc1cc(C)c(S(=O)N(C)CC(=O)NCC(=O)N(C)Cc2ccc3c(c2)CC(N(C)C)C3)c(C)c1. The van der Waals surface area contributed by atoms with Crippen LogP contribution >= 0.6 is 0 Å². The molecule has 3 rings (SSSR count). The van der Waals surface area contributed by atoms with Gasteiger partial charge in [-0.1, -0.05) is 18.2 Å². The fraction of sp³-hybridized carbons (Fsp3) is 0.481. The Morgan fingerprint density at radius 1 is 1.03 bits per heavy atom. The van der Waals surface area contributed by atoms with Crippen molar-refractivity contribution in [3.63, 3.8) is 0 Å². The number of aryl methyl sites for hydroxylation is 2. The average Bonchev–Trinajstić information content (AvgIpc) is 3.25. The fourth-order valence-corrected chi connectivity index (χ4v) is 5.77. The average molecular weight is 515 g/mol. The van der Waals surface area contributed by atoms with E-state index in [2.05, 4.69) is 42.5 Å². The third-order valence-electron chi connectivity index (χ3n) is 6.69. The van der Waals surface area contributed by atoms with Gasteiger partial charge in [-0.3, -0.25) is 9.59 Å². The second-order valence-electron chi connectivity index (χ2n) is 9.78.